The van der Waals surface area contributed by atoms with E-state index < -0.39 is 0 Å². The minimum atomic E-state index is 0.000956. The molecule has 0 aromatic heterocycles. The number of hydrogen-bond donors (Lipinski definition) is 2. The van der Waals surface area contributed by atoms with Gasteiger partial charge < -0.3 is 15.2 Å². The van der Waals surface area contributed by atoms with Crippen molar-refractivity contribution in [2.24, 2.45) is 0 Å². The molecule has 1 aromatic carbocycles. The van der Waals surface area contributed by atoms with E-state index in [1.54, 1.807) is 6.07 Å². The number of aliphatic hydroxyl groups excluding tert-OH is 1. The Hall–Kier alpha value is -1.20. The Bertz CT molecular complexity index is 381. The number of rotatable bonds is 3. The molecule has 1 aliphatic rings. The molecule has 0 aliphatic carbocycles. The second kappa shape index (κ2) is 4.55. The van der Waals surface area contributed by atoms with Gasteiger partial charge in [-0.2, -0.15) is 0 Å². The number of aliphatic hydroxyl groups is 1. The van der Waals surface area contributed by atoms with Crippen LogP contribution in [-0.4, -0.2) is 30.0 Å². The summed E-state index contributed by atoms with van der Waals surface area (Å²) in [5.74, 6) is 1.18. The van der Waals surface area contributed by atoms with Crippen LogP contribution in [0, 0.1) is 0 Å². The molecule has 1 aromatic rings. The van der Waals surface area contributed by atoms with Crippen LogP contribution in [0.4, 0.5) is 5.69 Å². The van der Waals surface area contributed by atoms with E-state index in [2.05, 4.69) is 5.32 Å². The molecule has 1 heterocycles. The van der Waals surface area contributed by atoms with Crippen molar-refractivity contribution in [3.63, 3.8) is 0 Å². The number of carbonyl (C=O) groups excluding carboxylic acids is 1. The van der Waals surface area contributed by atoms with Crippen LogP contribution in [0.1, 0.15) is 0 Å². The number of ether oxygens (including phenoxy) is 1. The summed E-state index contributed by atoms with van der Waals surface area (Å²) in [5, 5.41) is 11.4. The van der Waals surface area contributed by atoms with Crippen molar-refractivity contribution in [3.8, 4) is 5.75 Å². The van der Waals surface area contributed by atoms with Gasteiger partial charge in [-0.15, -0.1) is 11.8 Å². The minimum Gasteiger partial charge on any atom is -0.491 e. The van der Waals surface area contributed by atoms with Gasteiger partial charge in [-0.1, -0.05) is 0 Å². The molecule has 0 atom stereocenters. The third kappa shape index (κ3) is 2.43. The second-order valence-electron chi connectivity index (χ2n) is 3.07. The van der Waals surface area contributed by atoms with Gasteiger partial charge in [0.2, 0.25) is 5.91 Å². The summed E-state index contributed by atoms with van der Waals surface area (Å²) in [6, 6.07) is 5.46. The highest BCUT2D eigenvalue weighted by Crippen LogP contribution is 2.34. The second-order valence-corrected chi connectivity index (χ2v) is 4.08. The number of amides is 1. The smallest absolute Gasteiger partial charge is 0.234 e. The van der Waals surface area contributed by atoms with Crippen molar-refractivity contribution >= 4 is 23.4 Å². The minimum absolute atomic E-state index is 0.000956. The van der Waals surface area contributed by atoms with Crippen molar-refractivity contribution < 1.29 is 14.6 Å². The summed E-state index contributed by atoms with van der Waals surface area (Å²) in [7, 11) is 0. The normalized spacial score (nSPS) is 14.3. The lowest BCUT2D eigenvalue weighted by molar-refractivity contribution is -0.113. The lowest BCUT2D eigenvalue weighted by Crippen LogP contribution is -2.18. The zero-order valence-electron chi connectivity index (χ0n) is 8.03. The van der Waals surface area contributed by atoms with Crippen molar-refractivity contribution in [2.45, 2.75) is 4.90 Å². The van der Waals surface area contributed by atoms with Crippen LogP contribution in [0.15, 0.2) is 23.1 Å². The molecule has 0 fully saturated rings. The molecule has 0 saturated heterocycles. The number of anilines is 1. The highest BCUT2D eigenvalue weighted by Gasteiger charge is 2.15. The number of carbonyl (C=O) groups is 1. The fourth-order valence-electron chi connectivity index (χ4n) is 1.31. The maximum Gasteiger partial charge on any atom is 0.234 e. The standard InChI is InChI=1S/C10H11NO3S/c12-3-4-14-7-1-2-8-9(5-7)15-6-10(13)11-8/h1-2,5,12H,3-4,6H2,(H,11,13). The molecule has 0 saturated carbocycles. The van der Waals surface area contributed by atoms with Crippen LogP contribution >= 0.6 is 11.8 Å². The topological polar surface area (TPSA) is 58.6 Å². The molecule has 15 heavy (non-hydrogen) atoms. The van der Waals surface area contributed by atoms with Gasteiger partial charge in [0.1, 0.15) is 12.4 Å². The first-order chi connectivity index (χ1) is 7.29. The summed E-state index contributed by atoms with van der Waals surface area (Å²) in [6.07, 6.45) is 0. The van der Waals surface area contributed by atoms with Crippen molar-refractivity contribution in [2.75, 3.05) is 24.3 Å². The first kappa shape index (κ1) is 10.3. The Morgan fingerprint density at radius 2 is 2.40 bits per heavy atom. The molecule has 2 N–H and O–H groups in total. The summed E-state index contributed by atoms with van der Waals surface area (Å²) >= 11 is 1.49. The molecule has 5 heteroatoms. The summed E-state index contributed by atoms with van der Waals surface area (Å²) in [5.41, 5.74) is 0.826. The van der Waals surface area contributed by atoms with E-state index in [-0.39, 0.29) is 19.1 Å². The van der Waals surface area contributed by atoms with E-state index in [0.29, 0.717) is 11.5 Å². The van der Waals surface area contributed by atoms with Gasteiger partial charge >= 0.3 is 0 Å². The fourth-order valence-corrected chi connectivity index (χ4v) is 2.14. The number of fused-ring (bicyclic) bond motifs is 1. The van der Waals surface area contributed by atoms with E-state index in [1.165, 1.54) is 11.8 Å². The zero-order valence-corrected chi connectivity index (χ0v) is 8.84. The molecule has 0 spiro atoms. The Kier molecular flexibility index (Phi) is 3.13. The lowest BCUT2D eigenvalue weighted by Gasteiger charge is -2.16. The molecule has 4 nitrogen and oxygen atoms in total. The molecule has 0 radical (unpaired) electrons. The molecule has 1 aliphatic heterocycles. The van der Waals surface area contributed by atoms with Gasteiger partial charge in [-0.3, -0.25) is 4.79 Å². The van der Waals surface area contributed by atoms with Gasteiger partial charge in [0.15, 0.2) is 0 Å². The SMILES string of the molecule is O=C1CSc2cc(OCCO)ccc2N1. The highest BCUT2D eigenvalue weighted by atomic mass is 32.2. The summed E-state index contributed by atoms with van der Waals surface area (Å²) in [4.78, 5) is 12.1. The first-order valence-electron chi connectivity index (χ1n) is 4.60. The number of hydrogen-bond acceptors (Lipinski definition) is 4. The van der Waals surface area contributed by atoms with Gasteiger partial charge in [-0.25, -0.2) is 0 Å². The zero-order chi connectivity index (χ0) is 10.7. The van der Waals surface area contributed by atoms with E-state index in [4.69, 9.17) is 9.84 Å². The van der Waals surface area contributed by atoms with Crippen LogP contribution in [-0.2, 0) is 4.79 Å². The van der Waals surface area contributed by atoms with Crippen molar-refractivity contribution in [3.05, 3.63) is 18.2 Å². The molecule has 0 unspecified atom stereocenters. The third-order valence-electron chi connectivity index (χ3n) is 1.95. The molecule has 1 amide bonds. The van der Waals surface area contributed by atoms with E-state index in [9.17, 15) is 4.79 Å². The molecule has 2 rings (SSSR count). The summed E-state index contributed by atoms with van der Waals surface area (Å²) < 4.78 is 5.27. The van der Waals surface area contributed by atoms with Gasteiger partial charge in [0, 0.05) is 4.90 Å². The van der Waals surface area contributed by atoms with Gasteiger partial charge in [-0.05, 0) is 18.2 Å². The van der Waals surface area contributed by atoms with Crippen molar-refractivity contribution in [1.82, 2.24) is 0 Å². The van der Waals surface area contributed by atoms with E-state index in [1.807, 2.05) is 12.1 Å². The van der Waals surface area contributed by atoms with Crippen LogP contribution in [0.5, 0.6) is 5.75 Å². The van der Waals surface area contributed by atoms with E-state index in [0.717, 1.165) is 10.6 Å². The number of nitrogens with one attached hydrogen (secondary N) is 1. The fraction of sp³-hybridized carbons (Fsp3) is 0.300. The Labute approximate surface area is 91.6 Å². The van der Waals surface area contributed by atoms with Crippen LogP contribution < -0.4 is 10.1 Å². The monoisotopic (exact) mass is 225 g/mol. The van der Waals surface area contributed by atoms with Crippen LogP contribution in [0.2, 0.25) is 0 Å². The predicted octanol–water partition coefficient (Wildman–Crippen LogP) is 1.10. The molecular formula is C10H11NO3S. The number of thioether (sulfide) groups is 1. The first-order valence-corrected chi connectivity index (χ1v) is 5.58. The third-order valence-corrected chi connectivity index (χ3v) is 3.00. The van der Waals surface area contributed by atoms with Gasteiger partial charge in [0.05, 0.1) is 18.0 Å². The quantitative estimate of drug-likeness (QED) is 0.808. The predicted molar refractivity (Wildman–Crippen MR) is 58.4 cm³/mol. The Balaban J connectivity index is 2.15. The summed E-state index contributed by atoms with van der Waals surface area (Å²) in [6.45, 7) is 0.288. The average Bonchev–Trinajstić information content (AvgIpc) is 2.26. The maximum absolute atomic E-state index is 11.1. The Morgan fingerprint density at radius 1 is 1.53 bits per heavy atom. The number of benzene rings is 1. The van der Waals surface area contributed by atoms with Crippen LogP contribution in [0.25, 0.3) is 0 Å². The largest absolute Gasteiger partial charge is 0.491 e. The lowest BCUT2D eigenvalue weighted by atomic mass is 10.3. The van der Waals surface area contributed by atoms with Gasteiger partial charge in [0.25, 0.3) is 0 Å². The van der Waals surface area contributed by atoms with Crippen molar-refractivity contribution in [1.29, 1.82) is 0 Å². The molecule has 0 bridgehead atoms. The molecular weight excluding hydrogens is 214 g/mol. The Morgan fingerprint density at radius 3 is 3.20 bits per heavy atom. The average molecular weight is 225 g/mol. The van der Waals surface area contributed by atoms with Crippen LogP contribution in [0.3, 0.4) is 0 Å². The molecule has 80 valence electrons. The maximum atomic E-state index is 11.1. The van der Waals surface area contributed by atoms with E-state index >= 15 is 0 Å². The highest BCUT2D eigenvalue weighted by molar-refractivity contribution is 8.00.